The number of rotatable bonds is 5. The molecule has 2 N–H and O–H groups in total. The Morgan fingerprint density at radius 1 is 1.08 bits per heavy atom. The molecule has 0 saturated heterocycles. The number of aliphatic hydroxyl groups excluding tert-OH is 1. The Balaban J connectivity index is 2.00. The van der Waals surface area contributed by atoms with Crippen LogP contribution in [0.4, 0.5) is 14.5 Å². The van der Waals surface area contributed by atoms with Crippen LogP contribution in [0.2, 0.25) is 0 Å². The summed E-state index contributed by atoms with van der Waals surface area (Å²) in [7, 11) is 1.58. The molecule has 0 saturated carbocycles. The van der Waals surface area contributed by atoms with Gasteiger partial charge >= 0.3 is 0 Å². The number of aliphatic hydroxyl groups is 1. The Hall–Kier alpha value is -2.18. The van der Waals surface area contributed by atoms with Crippen molar-refractivity contribution in [1.29, 1.82) is 0 Å². The zero-order valence-electron chi connectivity index (χ0n) is 13.4. The van der Waals surface area contributed by atoms with Gasteiger partial charge in [0.2, 0.25) is 0 Å². The van der Waals surface area contributed by atoms with Crippen molar-refractivity contribution in [3.8, 4) is 5.75 Å². The quantitative estimate of drug-likeness (QED) is 0.625. The van der Waals surface area contributed by atoms with Crippen molar-refractivity contribution in [3.63, 3.8) is 0 Å². The maximum Gasteiger partial charge on any atom is 0.132 e. The lowest BCUT2D eigenvalue weighted by Crippen LogP contribution is -2.07. The fraction of sp³-hybridized carbons (Fsp3) is 0.158. The molecule has 0 amide bonds. The minimum Gasteiger partial charge on any atom is -0.497 e. The zero-order valence-corrected chi connectivity index (χ0v) is 15.0. The van der Waals surface area contributed by atoms with Crippen molar-refractivity contribution >= 4 is 32.4 Å². The van der Waals surface area contributed by atoms with Crippen LogP contribution in [0.1, 0.15) is 11.1 Å². The number of halogens is 3. The maximum absolute atomic E-state index is 14.0. The summed E-state index contributed by atoms with van der Waals surface area (Å²) in [5.41, 5.74) is 1.23. The molecule has 0 atom stereocenters. The van der Waals surface area contributed by atoms with Crippen LogP contribution in [0.15, 0.2) is 46.9 Å². The number of anilines is 1. The summed E-state index contributed by atoms with van der Waals surface area (Å²) in [6.45, 7) is -0.224. The van der Waals surface area contributed by atoms with Gasteiger partial charge in [-0.1, -0.05) is 28.1 Å². The van der Waals surface area contributed by atoms with E-state index in [1.807, 2.05) is 18.2 Å². The lowest BCUT2D eigenvalue weighted by molar-refractivity contribution is 0.282. The highest BCUT2D eigenvalue weighted by molar-refractivity contribution is 9.10. The van der Waals surface area contributed by atoms with Crippen LogP contribution in [-0.2, 0) is 13.2 Å². The van der Waals surface area contributed by atoms with Crippen molar-refractivity contribution in [2.75, 3.05) is 12.4 Å². The summed E-state index contributed by atoms with van der Waals surface area (Å²) in [5, 5.41) is 14.4. The van der Waals surface area contributed by atoms with E-state index in [2.05, 4.69) is 21.2 Å². The van der Waals surface area contributed by atoms with Gasteiger partial charge in [-0.2, -0.15) is 0 Å². The average Bonchev–Trinajstić information content (AvgIpc) is 2.60. The smallest absolute Gasteiger partial charge is 0.132 e. The topological polar surface area (TPSA) is 41.5 Å². The van der Waals surface area contributed by atoms with Crippen LogP contribution >= 0.6 is 15.9 Å². The summed E-state index contributed by atoms with van der Waals surface area (Å²) in [5.74, 6) is -0.557. The van der Waals surface area contributed by atoms with Crippen molar-refractivity contribution in [2.45, 2.75) is 13.2 Å². The SMILES string of the molecule is COc1ccc2c(NCc3c(F)cc(Br)cc3F)c(CO)ccc2c1. The van der Waals surface area contributed by atoms with E-state index >= 15 is 0 Å². The van der Waals surface area contributed by atoms with Gasteiger partial charge in [0.1, 0.15) is 17.4 Å². The number of nitrogens with one attached hydrogen (secondary N) is 1. The van der Waals surface area contributed by atoms with E-state index < -0.39 is 11.6 Å². The maximum atomic E-state index is 14.0. The Morgan fingerprint density at radius 3 is 2.44 bits per heavy atom. The Morgan fingerprint density at radius 2 is 1.80 bits per heavy atom. The second kappa shape index (κ2) is 7.37. The number of ether oxygens (including phenoxy) is 1. The van der Waals surface area contributed by atoms with Gasteiger partial charge in [0.05, 0.1) is 13.7 Å². The molecule has 130 valence electrons. The van der Waals surface area contributed by atoms with E-state index in [1.165, 1.54) is 12.1 Å². The van der Waals surface area contributed by atoms with Gasteiger partial charge in [-0.15, -0.1) is 0 Å². The monoisotopic (exact) mass is 407 g/mol. The molecule has 0 spiro atoms. The number of fused-ring (bicyclic) bond motifs is 1. The van der Waals surface area contributed by atoms with Gasteiger partial charge in [-0.25, -0.2) is 8.78 Å². The fourth-order valence-corrected chi connectivity index (χ4v) is 3.14. The summed E-state index contributed by atoms with van der Waals surface area (Å²) >= 11 is 3.07. The molecule has 0 heterocycles. The highest BCUT2D eigenvalue weighted by Gasteiger charge is 2.13. The van der Waals surface area contributed by atoms with E-state index in [4.69, 9.17) is 4.74 Å². The van der Waals surface area contributed by atoms with E-state index in [0.717, 1.165) is 10.8 Å². The summed E-state index contributed by atoms with van der Waals surface area (Å²) in [6, 6.07) is 11.6. The first kappa shape index (κ1) is 17.6. The fourth-order valence-electron chi connectivity index (χ4n) is 2.74. The molecule has 0 aliphatic carbocycles. The third-order valence-corrected chi connectivity index (χ3v) is 4.49. The molecule has 3 nitrogen and oxygen atoms in total. The van der Waals surface area contributed by atoms with Crippen molar-refractivity contribution in [3.05, 3.63) is 69.7 Å². The minimum atomic E-state index is -0.633. The average molecular weight is 408 g/mol. The zero-order chi connectivity index (χ0) is 18.0. The molecule has 3 aromatic carbocycles. The highest BCUT2D eigenvalue weighted by Crippen LogP contribution is 2.31. The van der Waals surface area contributed by atoms with E-state index in [1.54, 1.807) is 19.2 Å². The molecule has 6 heteroatoms. The first-order valence-corrected chi connectivity index (χ1v) is 8.40. The first-order chi connectivity index (χ1) is 12.0. The number of hydrogen-bond acceptors (Lipinski definition) is 3. The molecule has 3 rings (SSSR count). The standard InChI is InChI=1S/C19H16BrF2NO2/c1-25-14-4-5-15-11(6-14)2-3-12(10-24)19(15)23-9-16-17(21)7-13(20)8-18(16)22/h2-8,23-24H,9-10H2,1H3. The van der Waals surface area contributed by atoms with Gasteiger partial charge < -0.3 is 15.2 Å². The van der Waals surface area contributed by atoms with Crippen molar-refractivity contribution in [1.82, 2.24) is 0 Å². The molecule has 0 bridgehead atoms. The molecule has 25 heavy (non-hydrogen) atoms. The number of benzene rings is 3. The van der Waals surface area contributed by atoms with Gasteiger partial charge in [0.25, 0.3) is 0 Å². The largest absolute Gasteiger partial charge is 0.497 e. The van der Waals surface area contributed by atoms with Crippen molar-refractivity contribution < 1.29 is 18.6 Å². The highest BCUT2D eigenvalue weighted by atomic mass is 79.9. The minimum absolute atomic E-state index is 0.0386. The normalized spacial score (nSPS) is 10.9. The van der Waals surface area contributed by atoms with Crippen LogP contribution in [0, 0.1) is 11.6 Å². The van der Waals surface area contributed by atoms with Crippen LogP contribution < -0.4 is 10.1 Å². The molecular formula is C19H16BrF2NO2. The third-order valence-electron chi connectivity index (χ3n) is 4.03. The molecular weight excluding hydrogens is 392 g/mol. The summed E-state index contributed by atoms with van der Waals surface area (Å²) in [4.78, 5) is 0. The predicted molar refractivity (Wildman–Crippen MR) is 97.8 cm³/mol. The van der Waals surface area contributed by atoms with Gasteiger partial charge in [-0.3, -0.25) is 0 Å². The lowest BCUT2D eigenvalue weighted by Gasteiger charge is -2.15. The summed E-state index contributed by atoms with van der Waals surface area (Å²) < 4.78 is 33.6. The Labute approximate surface area is 152 Å². The molecule has 0 aliphatic heterocycles. The number of methoxy groups -OCH3 is 1. The number of hydrogen-bond donors (Lipinski definition) is 2. The molecule has 0 aliphatic rings. The van der Waals surface area contributed by atoms with Crippen molar-refractivity contribution in [2.24, 2.45) is 0 Å². The van der Waals surface area contributed by atoms with E-state index in [0.29, 0.717) is 21.5 Å². The Kier molecular flexibility index (Phi) is 5.20. The second-order valence-corrected chi connectivity index (χ2v) is 6.46. The molecule has 0 aromatic heterocycles. The lowest BCUT2D eigenvalue weighted by atomic mass is 10.0. The van der Waals surface area contributed by atoms with Crippen LogP contribution in [0.25, 0.3) is 10.8 Å². The first-order valence-electron chi connectivity index (χ1n) is 7.61. The molecule has 0 fully saturated rings. The molecule has 0 unspecified atom stereocenters. The second-order valence-electron chi connectivity index (χ2n) is 5.55. The summed E-state index contributed by atoms with van der Waals surface area (Å²) in [6.07, 6.45) is 0. The van der Waals surface area contributed by atoms with Gasteiger partial charge in [0, 0.05) is 33.2 Å². The van der Waals surface area contributed by atoms with Crippen LogP contribution in [0.5, 0.6) is 5.75 Å². The van der Waals surface area contributed by atoms with Crippen LogP contribution in [0.3, 0.4) is 0 Å². The predicted octanol–water partition coefficient (Wildman–Crippen LogP) is 4.99. The van der Waals surface area contributed by atoms with Gasteiger partial charge in [0.15, 0.2) is 0 Å². The van der Waals surface area contributed by atoms with E-state index in [-0.39, 0.29) is 18.7 Å². The molecule has 3 aromatic rings. The molecule has 0 radical (unpaired) electrons. The Bertz CT molecular complexity index is 908. The van der Waals surface area contributed by atoms with Gasteiger partial charge in [-0.05, 0) is 35.7 Å². The van der Waals surface area contributed by atoms with E-state index in [9.17, 15) is 13.9 Å². The third kappa shape index (κ3) is 3.60. The van der Waals surface area contributed by atoms with Crippen LogP contribution in [-0.4, -0.2) is 12.2 Å².